The Labute approximate surface area is 141 Å². The average molecular weight is 322 g/mol. The first-order valence-electron chi connectivity index (χ1n) is 8.62. The number of rotatable bonds is 3. The largest absolute Gasteiger partial charge is 0.484 e. The van der Waals surface area contributed by atoms with Gasteiger partial charge in [-0.2, -0.15) is 0 Å². The van der Waals surface area contributed by atoms with Gasteiger partial charge in [0.25, 0.3) is 5.91 Å². The summed E-state index contributed by atoms with van der Waals surface area (Å²) < 4.78 is 5.74. The van der Waals surface area contributed by atoms with E-state index < -0.39 is 0 Å². The van der Waals surface area contributed by atoms with Crippen molar-refractivity contribution in [2.75, 3.05) is 19.7 Å². The summed E-state index contributed by atoms with van der Waals surface area (Å²) in [6.45, 7) is 4.06. The van der Waals surface area contributed by atoms with Crippen LogP contribution >= 0.6 is 0 Å². The molecule has 0 bridgehead atoms. The van der Waals surface area contributed by atoms with Crippen LogP contribution in [0.4, 0.5) is 0 Å². The summed E-state index contributed by atoms with van der Waals surface area (Å²) in [6, 6.07) is 14.2. The van der Waals surface area contributed by atoms with Crippen molar-refractivity contribution in [1.82, 2.24) is 9.88 Å². The highest BCUT2D eigenvalue weighted by atomic mass is 16.5. The van der Waals surface area contributed by atoms with Crippen LogP contribution in [0, 0.1) is 5.92 Å². The van der Waals surface area contributed by atoms with Crippen molar-refractivity contribution >= 4 is 27.7 Å². The second-order valence-electron chi connectivity index (χ2n) is 6.73. The molecule has 1 fully saturated rings. The molecule has 3 aromatic rings. The van der Waals surface area contributed by atoms with Crippen molar-refractivity contribution in [3.63, 3.8) is 0 Å². The van der Waals surface area contributed by atoms with Gasteiger partial charge in [0.1, 0.15) is 5.75 Å². The van der Waals surface area contributed by atoms with Crippen molar-refractivity contribution in [1.29, 1.82) is 0 Å². The number of amides is 1. The van der Waals surface area contributed by atoms with Gasteiger partial charge < -0.3 is 14.6 Å². The third kappa shape index (κ3) is 2.84. The summed E-state index contributed by atoms with van der Waals surface area (Å²) in [7, 11) is 0. The van der Waals surface area contributed by atoms with E-state index in [4.69, 9.17) is 4.74 Å². The van der Waals surface area contributed by atoms with E-state index in [1.165, 1.54) is 10.8 Å². The minimum atomic E-state index is 0.0821. The van der Waals surface area contributed by atoms with E-state index in [1.54, 1.807) is 0 Å². The Morgan fingerprint density at radius 2 is 1.88 bits per heavy atom. The molecular weight excluding hydrogens is 300 g/mol. The highest BCUT2D eigenvalue weighted by Gasteiger charge is 2.20. The molecule has 0 unspecified atom stereocenters. The molecule has 0 spiro atoms. The predicted octanol–water partition coefficient (Wildman–Crippen LogP) is 3.96. The standard InChI is InChI=1S/C20H22N2O2/c1-14-8-10-22(11-9-14)20(23)13-24-15-6-7-17-16-4-2-3-5-18(16)21-19(17)12-15/h2-7,12,14,21H,8-11,13H2,1H3. The molecule has 4 rings (SSSR count). The van der Waals surface area contributed by atoms with Gasteiger partial charge in [-0.3, -0.25) is 4.79 Å². The van der Waals surface area contributed by atoms with Crippen LogP contribution in [-0.2, 0) is 4.79 Å². The lowest BCUT2D eigenvalue weighted by atomic mass is 9.99. The van der Waals surface area contributed by atoms with Gasteiger partial charge >= 0.3 is 0 Å². The zero-order valence-corrected chi connectivity index (χ0v) is 13.9. The molecule has 124 valence electrons. The molecule has 2 aromatic carbocycles. The van der Waals surface area contributed by atoms with Gasteiger partial charge in [0.15, 0.2) is 6.61 Å². The van der Waals surface area contributed by atoms with Crippen LogP contribution in [0.25, 0.3) is 21.8 Å². The number of ether oxygens (including phenoxy) is 1. The first kappa shape index (κ1) is 15.1. The van der Waals surface area contributed by atoms with Crippen molar-refractivity contribution in [2.45, 2.75) is 19.8 Å². The highest BCUT2D eigenvalue weighted by Crippen LogP contribution is 2.28. The molecule has 1 aliphatic rings. The molecule has 1 aliphatic heterocycles. The van der Waals surface area contributed by atoms with Crippen LogP contribution in [0.1, 0.15) is 19.8 Å². The molecule has 0 atom stereocenters. The molecular formula is C20H22N2O2. The second kappa shape index (κ2) is 6.19. The summed E-state index contributed by atoms with van der Waals surface area (Å²) in [4.78, 5) is 17.6. The Kier molecular flexibility index (Phi) is 3.89. The monoisotopic (exact) mass is 322 g/mol. The van der Waals surface area contributed by atoms with Crippen molar-refractivity contribution in [3.05, 3.63) is 42.5 Å². The number of hydrogen-bond acceptors (Lipinski definition) is 2. The number of benzene rings is 2. The predicted molar refractivity (Wildman–Crippen MR) is 96.3 cm³/mol. The number of nitrogens with zero attached hydrogens (tertiary/aromatic N) is 1. The molecule has 2 heterocycles. The Hall–Kier alpha value is -2.49. The van der Waals surface area contributed by atoms with Crippen LogP contribution in [0.3, 0.4) is 0 Å². The van der Waals surface area contributed by atoms with E-state index in [0.29, 0.717) is 0 Å². The number of hydrogen-bond donors (Lipinski definition) is 1. The Morgan fingerprint density at radius 1 is 1.12 bits per heavy atom. The number of likely N-dealkylation sites (tertiary alicyclic amines) is 1. The van der Waals surface area contributed by atoms with Gasteiger partial charge in [0.2, 0.25) is 0 Å². The first-order valence-corrected chi connectivity index (χ1v) is 8.62. The normalized spacial score (nSPS) is 16.0. The molecule has 1 aromatic heterocycles. The van der Waals surface area contributed by atoms with Gasteiger partial charge in [-0.25, -0.2) is 0 Å². The lowest BCUT2D eigenvalue weighted by molar-refractivity contribution is -0.134. The maximum Gasteiger partial charge on any atom is 0.260 e. The number of carbonyl (C=O) groups excluding carboxylic acids is 1. The third-order valence-corrected chi connectivity index (χ3v) is 4.98. The fourth-order valence-corrected chi connectivity index (χ4v) is 3.42. The average Bonchev–Trinajstić information content (AvgIpc) is 2.98. The molecule has 4 heteroatoms. The van der Waals surface area contributed by atoms with Crippen molar-refractivity contribution in [3.8, 4) is 5.75 Å². The maximum atomic E-state index is 12.3. The van der Waals surface area contributed by atoms with E-state index >= 15 is 0 Å². The summed E-state index contributed by atoms with van der Waals surface area (Å²) >= 11 is 0. The van der Waals surface area contributed by atoms with Crippen LogP contribution in [0.2, 0.25) is 0 Å². The lowest BCUT2D eigenvalue weighted by Crippen LogP contribution is -2.40. The van der Waals surface area contributed by atoms with Crippen LogP contribution < -0.4 is 4.74 Å². The summed E-state index contributed by atoms with van der Waals surface area (Å²) in [6.07, 6.45) is 2.18. The highest BCUT2D eigenvalue weighted by molar-refractivity contribution is 6.07. The summed E-state index contributed by atoms with van der Waals surface area (Å²) in [5.74, 6) is 1.53. The van der Waals surface area contributed by atoms with E-state index in [9.17, 15) is 4.79 Å². The van der Waals surface area contributed by atoms with E-state index in [0.717, 1.165) is 48.6 Å². The van der Waals surface area contributed by atoms with Gasteiger partial charge in [-0.1, -0.05) is 25.1 Å². The number of carbonyl (C=O) groups is 1. The minimum absolute atomic E-state index is 0.0821. The molecule has 0 radical (unpaired) electrons. The maximum absolute atomic E-state index is 12.3. The number of para-hydroxylation sites is 1. The van der Waals surface area contributed by atoms with Gasteiger partial charge in [-0.05, 0) is 37.0 Å². The Morgan fingerprint density at radius 3 is 2.71 bits per heavy atom. The number of H-pyrrole nitrogens is 1. The fourth-order valence-electron chi connectivity index (χ4n) is 3.42. The summed E-state index contributed by atoms with van der Waals surface area (Å²) in [5, 5.41) is 2.38. The molecule has 0 saturated carbocycles. The molecule has 1 amide bonds. The number of aromatic amines is 1. The van der Waals surface area contributed by atoms with E-state index in [-0.39, 0.29) is 12.5 Å². The first-order chi connectivity index (χ1) is 11.7. The van der Waals surface area contributed by atoms with E-state index in [2.05, 4.69) is 30.1 Å². The number of piperidine rings is 1. The van der Waals surface area contributed by atoms with Gasteiger partial charge in [0, 0.05) is 35.4 Å². The second-order valence-corrected chi connectivity index (χ2v) is 6.73. The third-order valence-electron chi connectivity index (χ3n) is 4.98. The fraction of sp³-hybridized carbons (Fsp3) is 0.350. The Balaban J connectivity index is 1.46. The lowest BCUT2D eigenvalue weighted by Gasteiger charge is -2.30. The van der Waals surface area contributed by atoms with Gasteiger partial charge in [-0.15, -0.1) is 0 Å². The van der Waals surface area contributed by atoms with Crippen LogP contribution in [0.5, 0.6) is 5.75 Å². The number of aromatic nitrogens is 1. The Bertz CT molecular complexity index is 876. The molecule has 24 heavy (non-hydrogen) atoms. The topological polar surface area (TPSA) is 45.3 Å². The number of fused-ring (bicyclic) bond motifs is 3. The summed E-state index contributed by atoms with van der Waals surface area (Å²) in [5.41, 5.74) is 2.15. The van der Waals surface area contributed by atoms with E-state index in [1.807, 2.05) is 29.2 Å². The zero-order valence-electron chi connectivity index (χ0n) is 13.9. The molecule has 4 nitrogen and oxygen atoms in total. The molecule has 0 aliphatic carbocycles. The molecule has 1 N–H and O–H groups in total. The van der Waals surface area contributed by atoms with Gasteiger partial charge in [0.05, 0.1) is 5.52 Å². The van der Waals surface area contributed by atoms with Crippen LogP contribution in [-0.4, -0.2) is 35.5 Å². The van der Waals surface area contributed by atoms with Crippen molar-refractivity contribution < 1.29 is 9.53 Å². The zero-order chi connectivity index (χ0) is 16.5. The minimum Gasteiger partial charge on any atom is -0.484 e. The quantitative estimate of drug-likeness (QED) is 0.793. The molecule has 1 saturated heterocycles. The SMILES string of the molecule is CC1CCN(C(=O)COc2ccc3c(c2)[nH]c2ccccc23)CC1. The number of nitrogens with one attached hydrogen (secondary N) is 1. The van der Waals surface area contributed by atoms with Crippen LogP contribution in [0.15, 0.2) is 42.5 Å². The van der Waals surface area contributed by atoms with Crippen molar-refractivity contribution in [2.24, 2.45) is 5.92 Å². The smallest absolute Gasteiger partial charge is 0.260 e.